The van der Waals surface area contributed by atoms with E-state index in [0.29, 0.717) is 5.88 Å². The highest BCUT2D eigenvalue weighted by Gasteiger charge is 2.20. The second-order valence-corrected chi connectivity index (χ2v) is 5.72. The first-order valence-electron chi connectivity index (χ1n) is 7.70. The molecule has 0 unspecified atom stereocenters. The predicted octanol–water partition coefficient (Wildman–Crippen LogP) is 4.00. The molecule has 1 fully saturated rings. The lowest BCUT2D eigenvalue weighted by Crippen LogP contribution is -2.15. The van der Waals surface area contributed by atoms with Crippen LogP contribution < -0.4 is 10.1 Å². The van der Waals surface area contributed by atoms with Gasteiger partial charge in [-0.15, -0.1) is 0 Å². The van der Waals surface area contributed by atoms with E-state index in [-0.39, 0.29) is 0 Å². The Morgan fingerprint density at radius 2 is 1.95 bits per heavy atom. The van der Waals surface area contributed by atoms with E-state index < -0.39 is 0 Å². The van der Waals surface area contributed by atoms with Crippen LogP contribution in [0.5, 0.6) is 11.6 Å². The third kappa shape index (κ3) is 3.82. The molecule has 3 rings (SSSR count). The Morgan fingerprint density at radius 3 is 2.57 bits per heavy atom. The number of pyridine rings is 1. The molecule has 21 heavy (non-hydrogen) atoms. The van der Waals surface area contributed by atoms with E-state index >= 15 is 0 Å². The number of aryl methyl sites for hydroxylation is 2. The minimum absolute atomic E-state index is 0.689. The van der Waals surface area contributed by atoms with Crippen molar-refractivity contribution in [1.29, 1.82) is 0 Å². The van der Waals surface area contributed by atoms with Crippen LogP contribution in [0, 0.1) is 6.92 Å². The largest absolute Gasteiger partial charge is 0.439 e. The van der Waals surface area contributed by atoms with Crippen LogP contribution in [0.15, 0.2) is 36.5 Å². The number of ether oxygens (including phenoxy) is 1. The van der Waals surface area contributed by atoms with Crippen LogP contribution in [-0.4, -0.2) is 11.0 Å². The van der Waals surface area contributed by atoms with Gasteiger partial charge in [-0.2, -0.15) is 0 Å². The minimum atomic E-state index is 0.689. The molecular formula is C18H22N2O. The van der Waals surface area contributed by atoms with Crippen LogP contribution in [0.2, 0.25) is 0 Å². The number of aromatic nitrogens is 1. The molecule has 0 atom stereocenters. The van der Waals surface area contributed by atoms with Gasteiger partial charge in [0.25, 0.3) is 0 Å². The average Bonchev–Trinajstić information content (AvgIpc) is 3.33. The smallest absolute Gasteiger partial charge is 0.222 e. The van der Waals surface area contributed by atoms with Crippen LogP contribution in [0.1, 0.15) is 36.5 Å². The highest BCUT2D eigenvalue weighted by molar-refractivity contribution is 5.35. The van der Waals surface area contributed by atoms with Crippen molar-refractivity contribution in [2.75, 3.05) is 0 Å². The molecule has 0 radical (unpaired) electrons. The van der Waals surface area contributed by atoms with Crippen LogP contribution in [0.3, 0.4) is 0 Å². The van der Waals surface area contributed by atoms with Crippen molar-refractivity contribution in [2.24, 2.45) is 0 Å². The Labute approximate surface area is 126 Å². The Balaban J connectivity index is 1.66. The Kier molecular flexibility index (Phi) is 4.20. The fourth-order valence-corrected chi connectivity index (χ4v) is 2.28. The molecular weight excluding hydrogens is 260 g/mol. The maximum atomic E-state index is 5.87. The van der Waals surface area contributed by atoms with Gasteiger partial charge in [-0.05, 0) is 55.5 Å². The van der Waals surface area contributed by atoms with Gasteiger partial charge in [0, 0.05) is 24.3 Å². The molecule has 1 heterocycles. The Hall–Kier alpha value is -1.87. The number of nitrogens with one attached hydrogen (secondary N) is 1. The molecule has 2 aromatic rings. The fourth-order valence-electron chi connectivity index (χ4n) is 2.28. The van der Waals surface area contributed by atoms with Crippen molar-refractivity contribution in [3.63, 3.8) is 0 Å². The van der Waals surface area contributed by atoms with E-state index in [1.54, 1.807) is 0 Å². The van der Waals surface area contributed by atoms with Gasteiger partial charge in [0.1, 0.15) is 5.75 Å². The summed E-state index contributed by atoms with van der Waals surface area (Å²) in [5.41, 5.74) is 3.60. The lowest BCUT2D eigenvalue weighted by Gasteiger charge is -2.10. The SMILES string of the molecule is CCc1ccc(Oc2ncc(CNC3CC3)cc2C)cc1. The summed E-state index contributed by atoms with van der Waals surface area (Å²) in [4.78, 5) is 4.45. The summed E-state index contributed by atoms with van der Waals surface area (Å²) in [5, 5.41) is 3.50. The summed E-state index contributed by atoms with van der Waals surface area (Å²) in [7, 11) is 0. The first-order valence-corrected chi connectivity index (χ1v) is 7.70. The molecule has 0 bridgehead atoms. The van der Waals surface area contributed by atoms with Gasteiger partial charge in [-0.1, -0.05) is 19.1 Å². The lowest BCUT2D eigenvalue weighted by atomic mass is 10.2. The van der Waals surface area contributed by atoms with Gasteiger partial charge in [0.15, 0.2) is 0 Å². The van der Waals surface area contributed by atoms with Crippen LogP contribution in [0.25, 0.3) is 0 Å². The van der Waals surface area contributed by atoms with Crippen molar-refractivity contribution in [3.05, 3.63) is 53.2 Å². The van der Waals surface area contributed by atoms with Crippen molar-refractivity contribution >= 4 is 0 Å². The van der Waals surface area contributed by atoms with Crippen LogP contribution in [0.4, 0.5) is 0 Å². The van der Waals surface area contributed by atoms with E-state index in [2.05, 4.69) is 35.4 Å². The topological polar surface area (TPSA) is 34.1 Å². The van der Waals surface area contributed by atoms with E-state index in [0.717, 1.165) is 30.3 Å². The number of hydrogen-bond donors (Lipinski definition) is 1. The van der Waals surface area contributed by atoms with E-state index in [4.69, 9.17) is 4.74 Å². The van der Waals surface area contributed by atoms with Crippen molar-refractivity contribution in [3.8, 4) is 11.6 Å². The maximum absolute atomic E-state index is 5.87. The third-order valence-electron chi connectivity index (χ3n) is 3.81. The molecule has 110 valence electrons. The van der Waals surface area contributed by atoms with Crippen LogP contribution in [-0.2, 0) is 13.0 Å². The van der Waals surface area contributed by atoms with Gasteiger partial charge in [0.2, 0.25) is 5.88 Å². The highest BCUT2D eigenvalue weighted by Crippen LogP contribution is 2.24. The van der Waals surface area contributed by atoms with Gasteiger partial charge >= 0.3 is 0 Å². The van der Waals surface area contributed by atoms with Crippen molar-refractivity contribution < 1.29 is 4.74 Å². The fraction of sp³-hybridized carbons (Fsp3) is 0.389. The van der Waals surface area contributed by atoms with Gasteiger partial charge in [-0.25, -0.2) is 4.98 Å². The molecule has 1 saturated carbocycles. The molecule has 0 aliphatic heterocycles. The lowest BCUT2D eigenvalue weighted by molar-refractivity contribution is 0.458. The van der Waals surface area contributed by atoms with Crippen molar-refractivity contribution in [2.45, 2.75) is 45.7 Å². The zero-order valence-corrected chi connectivity index (χ0v) is 12.7. The van der Waals surface area contributed by atoms with E-state index in [1.807, 2.05) is 25.3 Å². The molecule has 0 spiro atoms. The summed E-state index contributed by atoms with van der Waals surface area (Å²) in [6.45, 7) is 5.09. The molecule has 1 aliphatic carbocycles. The molecule has 3 nitrogen and oxygen atoms in total. The first kappa shape index (κ1) is 14.1. The van der Waals surface area contributed by atoms with Gasteiger partial charge in [0.05, 0.1) is 0 Å². The molecule has 1 aliphatic rings. The first-order chi connectivity index (χ1) is 10.2. The standard InChI is InChI=1S/C18H22N2O/c1-3-14-4-8-17(9-5-14)21-18-13(2)10-15(12-20-18)11-19-16-6-7-16/h4-5,8-10,12,16,19H,3,6-7,11H2,1-2H3. The molecule has 1 N–H and O–H groups in total. The summed E-state index contributed by atoms with van der Waals surface area (Å²) in [6, 6.07) is 11.1. The van der Waals surface area contributed by atoms with Gasteiger partial charge < -0.3 is 10.1 Å². The van der Waals surface area contributed by atoms with Crippen LogP contribution >= 0.6 is 0 Å². The molecule has 0 amide bonds. The second kappa shape index (κ2) is 6.27. The second-order valence-electron chi connectivity index (χ2n) is 5.72. The number of benzene rings is 1. The normalized spacial score (nSPS) is 14.2. The molecule has 3 heteroatoms. The average molecular weight is 282 g/mol. The maximum Gasteiger partial charge on any atom is 0.222 e. The Morgan fingerprint density at radius 1 is 1.19 bits per heavy atom. The minimum Gasteiger partial charge on any atom is -0.439 e. The molecule has 1 aromatic heterocycles. The number of hydrogen-bond acceptors (Lipinski definition) is 3. The summed E-state index contributed by atoms with van der Waals surface area (Å²) in [5.74, 6) is 1.53. The van der Waals surface area contributed by atoms with E-state index in [9.17, 15) is 0 Å². The summed E-state index contributed by atoms with van der Waals surface area (Å²) in [6.07, 6.45) is 5.56. The number of rotatable bonds is 6. The third-order valence-corrected chi connectivity index (χ3v) is 3.81. The zero-order chi connectivity index (χ0) is 14.7. The summed E-state index contributed by atoms with van der Waals surface area (Å²) >= 11 is 0. The monoisotopic (exact) mass is 282 g/mol. The number of nitrogens with zero attached hydrogens (tertiary/aromatic N) is 1. The quantitative estimate of drug-likeness (QED) is 0.869. The summed E-state index contributed by atoms with van der Waals surface area (Å²) < 4.78 is 5.87. The molecule has 0 saturated heterocycles. The van der Waals surface area contributed by atoms with Crippen molar-refractivity contribution in [1.82, 2.24) is 10.3 Å². The highest BCUT2D eigenvalue weighted by atomic mass is 16.5. The Bertz CT molecular complexity index is 603. The van der Waals surface area contributed by atoms with E-state index in [1.165, 1.54) is 24.0 Å². The molecule has 1 aromatic carbocycles. The predicted molar refractivity (Wildman–Crippen MR) is 84.7 cm³/mol. The van der Waals surface area contributed by atoms with Gasteiger partial charge in [-0.3, -0.25) is 0 Å². The zero-order valence-electron chi connectivity index (χ0n) is 12.7.